The summed E-state index contributed by atoms with van der Waals surface area (Å²) in [5, 5.41) is 4.77. The van der Waals surface area contributed by atoms with Crippen LogP contribution in [0.4, 0.5) is 0 Å². The number of nitrogens with one attached hydrogen (secondary N) is 1. The molecule has 1 aromatic heterocycles. The molecule has 1 amide bonds. The zero-order valence-corrected chi connectivity index (χ0v) is 16.1. The zero-order valence-electron chi connectivity index (χ0n) is 12.9. The first kappa shape index (κ1) is 17.6. The van der Waals surface area contributed by atoms with Crippen LogP contribution in [0.5, 0.6) is 0 Å². The molecule has 0 aliphatic carbocycles. The van der Waals surface area contributed by atoms with Gasteiger partial charge >= 0.3 is 0 Å². The number of hydrogen-bond donors (Lipinski definition) is 1. The first-order valence-electron chi connectivity index (χ1n) is 7.59. The van der Waals surface area contributed by atoms with Crippen molar-refractivity contribution in [1.29, 1.82) is 0 Å². The molecule has 24 heavy (non-hydrogen) atoms. The molecule has 0 bridgehead atoms. The van der Waals surface area contributed by atoms with E-state index in [2.05, 4.69) is 21.2 Å². The van der Waals surface area contributed by atoms with E-state index in [1.165, 1.54) is 16.4 Å². The van der Waals surface area contributed by atoms with Crippen molar-refractivity contribution < 1.29 is 13.2 Å². The number of halogens is 1. The maximum absolute atomic E-state index is 12.6. The Bertz CT molecular complexity index is 829. The molecule has 3 rings (SSSR count). The number of carbonyl (C=O) groups excluding carboxylic acids is 1. The number of sulfonamides is 1. The van der Waals surface area contributed by atoms with Crippen molar-refractivity contribution in [3.63, 3.8) is 0 Å². The van der Waals surface area contributed by atoms with Gasteiger partial charge in [-0.05, 0) is 58.4 Å². The Labute approximate surface area is 153 Å². The number of thiophene rings is 1. The summed E-state index contributed by atoms with van der Waals surface area (Å²) in [5.74, 6) is -0.297. The summed E-state index contributed by atoms with van der Waals surface area (Å²) in [6, 6.07) is 8.46. The minimum atomic E-state index is -3.54. The highest BCUT2D eigenvalue weighted by Gasteiger charge is 2.28. The Morgan fingerprint density at radius 3 is 2.67 bits per heavy atom. The van der Waals surface area contributed by atoms with Crippen LogP contribution in [0.1, 0.15) is 28.1 Å². The highest BCUT2D eigenvalue weighted by Crippen LogP contribution is 2.25. The molecule has 1 aromatic carbocycles. The molecule has 1 fully saturated rings. The van der Waals surface area contributed by atoms with Gasteiger partial charge in [-0.2, -0.15) is 4.31 Å². The molecule has 0 atom stereocenters. The molecule has 0 spiro atoms. The minimum absolute atomic E-state index is 0.161. The smallest absolute Gasteiger partial charge is 0.252 e. The van der Waals surface area contributed by atoms with Crippen LogP contribution < -0.4 is 5.32 Å². The van der Waals surface area contributed by atoms with Gasteiger partial charge in [0.1, 0.15) is 0 Å². The fraction of sp³-hybridized carbons (Fsp3) is 0.312. The van der Waals surface area contributed by atoms with Gasteiger partial charge in [0.25, 0.3) is 5.91 Å². The van der Waals surface area contributed by atoms with Crippen molar-refractivity contribution in [2.24, 2.45) is 0 Å². The predicted octanol–water partition coefficient (Wildman–Crippen LogP) is 3.23. The fourth-order valence-electron chi connectivity index (χ4n) is 2.59. The summed E-state index contributed by atoms with van der Waals surface area (Å²) in [7, 11) is -3.54. The summed E-state index contributed by atoms with van der Waals surface area (Å²) in [5.41, 5.74) is 0.326. The zero-order chi connectivity index (χ0) is 17.2. The normalized spacial score (nSPS) is 15.5. The van der Waals surface area contributed by atoms with E-state index >= 15 is 0 Å². The molecule has 1 aliphatic heterocycles. The molecule has 5 nitrogen and oxygen atoms in total. The Morgan fingerprint density at radius 1 is 1.25 bits per heavy atom. The molecule has 0 saturated carbocycles. The number of nitrogens with zero attached hydrogens (tertiary/aromatic N) is 1. The van der Waals surface area contributed by atoms with Crippen LogP contribution in [0, 0.1) is 0 Å². The first-order chi connectivity index (χ1) is 11.5. The van der Waals surface area contributed by atoms with Gasteiger partial charge in [0, 0.05) is 22.4 Å². The summed E-state index contributed by atoms with van der Waals surface area (Å²) < 4.78 is 27.3. The van der Waals surface area contributed by atoms with Gasteiger partial charge < -0.3 is 5.32 Å². The third-order valence-corrected chi connectivity index (χ3v) is 7.35. The van der Waals surface area contributed by atoms with Crippen LogP contribution in [0.15, 0.2) is 45.1 Å². The van der Waals surface area contributed by atoms with Crippen molar-refractivity contribution in [1.82, 2.24) is 9.62 Å². The molecule has 1 N–H and O–H groups in total. The van der Waals surface area contributed by atoms with Crippen LogP contribution >= 0.6 is 27.3 Å². The topological polar surface area (TPSA) is 66.5 Å². The van der Waals surface area contributed by atoms with Gasteiger partial charge in [0.2, 0.25) is 10.0 Å². The second kappa shape index (κ2) is 7.35. The lowest BCUT2D eigenvalue weighted by molar-refractivity contribution is 0.0950. The summed E-state index contributed by atoms with van der Waals surface area (Å²) in [6.45, 7) is 1.50. The number of amides is 1. The fourth-order valence-corrected chi connectivity index (χ4v) is 5.21. The quantitative estimate of drug-likeness (QED) is 0.794. The van der Waals surface area contributed by atoms with E-state index in [0.717, 1.165) is 17.7 Å². The predicted molar refractivity (Wildman–Crippen MR) is 97.6 cm³/mol. The average Bonchev–Trinajstić information content (AvgIpc) is 3.26. The minimum Gasteiger partial charge on any atom is -0.347 e. The lowest BCUT2D eigenvalue weighted by Gasteiger charge is -2.16. The standard InChI is InChI=1S/C16H17BrN2O3S2/c17-15-6-5-13(24(21,22)19-7-1-2-8-19)10-14(15)16(20)18-11-12-4-3-9-23-12/h3-6,9-10H,1-2,7-8,11H2,(H,18,20). The van der Waals surface area contributed by atoms with Crippen molar-refractivity contribution >= 4 is 43.2 Å². The molecule has 2 aromatic rings. The largest absolute Gasteiger partial charge is 0.347 e. The monoisotopic (exact) mass is 428 g/mol. The van der Waals surface area contributed by atoms with Crippen molar-refractivity contribution in [2.45, 2.75) is 24.3 Å². The van der Waals surface area contributed by atoms with Crippen molar-refractivity contribution in [3.8, 4) is 0 Å². The van der Waals surface area contributed by atoms with Crippen LogP contribution in [0.2, 0.25) is 0 Å². The van der Waals surface area contributed by atoms with E-state index in [-0.39, 0.29) is 10.8 Å². The van der Waals surface area contributed by atoms with Gasteiger partial charge in [-0.25, -0.2) is 8.42 Å². The average molecular weight is 429 g/mol. The third kappa shape index (κ3) is 3.72. The summed E-state index contributed by atoms with van der Waals surface area (Å²) in [4.78, 5) is 13.6. The maximum atomic E-state index is 12.6. The molecular weight excluding hydrogens is 412 g/mol. The molecule has 1 aliphatic rings. The van der Waals surface area contributed by atoms with E-state index in [1.54, 1.807) is 17.4 Å². The molecular formula is C16H17BrN2O3S2. The molecule has 2 heterocycles. The van der Waals surface area contributed by atoms with E-state index < -0.39 is 10.0 Å². The van der Waals surface area contributed by atoms with Gasteiger partial charge in [-0.15, -0.1) is 11.3 Å². The number of carbonyl (C=O) groups is 1. The molecule has 0 radical (unpaired) electrons. The van der Waals surface area contributed by atoms with Gasteiger partial charge in [0.15, 0.2) is 0 Å². The summed E-state index contributed by atoms with van der Waals surface area (Å²) in [6.07, 6.45) is 1.76. The Kier molecular flexibility index (Phi) is 5.39. The van der Waals surface area contributed by atoms with E-state index in [1.807, 2.05) is 17.5 Å². The lowest BCUT2D eigenvalue weighted by atomic mass is 10.2. The highest BCUT2D eigenvalue weighted by molar-refractivity contribution is 9.10. The second-order valence-corrected chi connectivity index (χ2v) is 9.34. The van der Waals surface area contributed by atoms with Gasteiger partial charge in [0.05, 0.1) is 17.0 Å². The van der Waals surface area contributed by atoms with Crippen LogP contribution in [0.3, 0.4) is 0 Å². The molecule has 0 unspecified atom stereocenters. The van der Waals surface area contributed by atoms with Crippen LogP contribution in [-0.4, -0.2) is 31.7 Å². The van der Waals surface area contributed by atoms with Crippen molar-refractivity contribution in [3.05, 3.63) is 50.6 Å². The Balaban J connectivity index is 1.82. The van der Waals surface area contributed by atoms with Crippen molar-refractivity contribution in [2.75, 3.05) is 13.1 Å². The van der Waals surface area contributed by atoms with Gasteiger partial charge in [-0.1, -0.05) is 6.07 Å². The van der Waals surface area contributed by atoms with Crippen LogP contribution in [0.25, 0.3) is 0 Å². The highest BCUT2D eigenvalue weighted by atomic mass is 79.9. The number of hydrogen-bond acceptors (Lipinski definition) is 4. The Morgan fingerprint density at radius 2 is 2.00 bits per heavy atom. The summed E-state index contributed by atoms with van der Waals surface area (Å²) >= 11 is 4.89. The Hall–Kier alpha value is -1.22. The van der Waals surface area contributed by atoms with E-state index in [4.69, 9.17) is 0 Å². The molecule has 1 saturated heterocycles. The van der Waals surface area contributed by atoms with Crippen LogP contribution in [-0.2, 0) is 16.6 Å². The SMILES string of the molecule is O=C(NCc1cccs1)c1cc(S(=O)(=O)N2CCCC2)ccc1Br. The second-order valence-electron chi connectivity index (χ2n) is 5.51. The van der Waals surface area contributed by atoms with Gasteiger partial charge in [-0.3, -0.25) is 4.79 Å². The lowest BCUT2D eigenvalue weighted by Crippen LogP contribution is -2.28. The third-order valence-electron chi connectivity index (χ3n) is 3.89. The van der Waals surface area contributed by atoms with E-state index in [9.17, 15) is 13.2 Å². The maximum Gasteiger partial charge on any atom is 0.252 e. The molecule has 128 valence electrons. The number of benzene rings is 1. The number of rotatable bonds is 5. The first-order valence-corrected chi connectivity index (χ1v) is 10.7. The van der Waals surface area contributed by atoms with E-state index in [0.29, 0.717) is 29.7 Å². The molecule has 8 heteroatoms.